The number of hydrogen-bond acceptors (Lipinski definition) is 6. The van der Waals surface area contributed by atoms with Crippen molar-refractivity contribution in [1.82, 2.24) is 19.6 Å². The van der Waals surface area contributed by atoms with E-state index in [0.717, 1.165) is 46.1 Å². The van der Waals surface area contributed by atoms with Gasteiger partial charge in [-0.2, -0.15) is 9.50 Å². The summed E-state index contributed by atoms with van der Waals surface area (Å²) in [6, 6.07) is 12.4. The van der Waals surface area contributed by atoms with Gasteiger partial charge in [0.25, 0.3) is 5.78 Å². The van der Waals surface area contributed by atoms with Gasteiger partial charge in [0.2, 0.25) is 6.79 Å². The molecule has 0 amide bonds. The Balaban J connectivity index is 1.47. The van der Waals surface area contributed by atoms with E-state index in [1.807, 2.05) is 31.2 Å². The van der Waals surface area contributed by atoms with Gasteiger partial charge in [-0.05, 0) is 48.7 Å². The Bertz CT molecular complexity index is 1270. The molecule has 0 aliphatic carbocycles. The quantitative estimate of drug-likeness (QED) is 0.508. The first-order valence-electron chi connectivity index (χ1n) is 10.2. The highest BCUT2D eigenvalue weighted by atomic mass is 19.1. The van der Waals surface area contributed by atoms with Crippen LogP contribution in [0.25, 0.3) is 5.78 Å². The summed E-state index contributed by atoms with van der Waals surface area (Å²) in [5, 5.41) is 8.18. The zero-order valence-electron chi connectivity index (χ0n) is 17.4. The number of hydrogen-bond donors (Lipinski definition) is 1. The maximum absolute atomic E-state index is 13.5. The third-order valence-corrected chi connectivity index (χ3v) is 5.34. The van der Waals surface area contributed by atoms with Crippen LogP contribution in [0.2, 0.25) is 0 Å². The lowest BCUT2D eigenvalue weighted by Crippen LogP contribution is -2.11. The molecule has 4 aromatic rings. The van der Waals surface area contributed by atoms with Crippen LogP contribution < -0.4 is 14.8 Å². The molecule has 0 bridgehead atoms. The average Bonchev–Trinajstić information content (AvgIpc) is 3.37. The highest BCUT2D eigenvalue weighted by molar-refractivity contribution is 5.54. The Morgan fingerprint density at radius 3 is 2.77 bits per heavy atom. The van der Waals surface area contributed by atoms with Gasteiger partial charge in [0.1, 0.15) is 11.6 Å². The maximum Gasteiger partial charge on any atom is 0.254 e. The van der Waals surface area contributed by atoms with Crippen LogP contribution in [0.4, 0.5) is 10.2 Å². The van der Waals surface area contributed by atoms with Gasteiger partial charge in [-0.15, -0.1) is 5.10 Å². The molecule has 158 valence electrons. The zero-order valence-corrected chi connectivity index (χ0v) is 17.4. The van der Waals surface area contributed by atoms with Crippen LogP contribution in [-0.4, -0.2) is 26.4 Å². The molecule has 0 unspecified atom stereocenters. The normalized spacial score (nSPS) is 12.5. The number of fused-ring (bicyclic) bond motifs is 2. The van der Waals surface area contributed by atoms with Crippen molar-refractivity contribution in [3.05, 3.63) is 76.5 Å². The van der Waals surface area contributed by atoms with Crippen LogP contribution in [0.1, 0.15) is 35.1 Å². The van der Waals surface area contributed by atoms with Crippen molar-refractivity contribution in [3.8, 4) is 11.5 Å². The lowest BCUT2D eigenvalue weighted by Gasteiger charge is -2.14. The van der Waals surface area contributed by atoms with Gasteiger partial charge in [0.15, 0.2) is 17.3 Å². The van der Waals surface area contributed by atoms with Crippen LogP contribution in [0.3, 0.4) is 0 Å². The van der Waals surface area contributed by atoms with Crippen molar-refractivity contribution in [2.24, 2.45) is 0 Å². The number of rotatable bonds is 6. The van der Waals surface area contributed by atoms with E-state index in [1.54, 1.807) is 10.6 Å². The number of halogens is 1. The second kappa shape index (κ2) is 7.86. The third-order valence-electron chi connectivity index (χ3n) is 5.34. The smallest absolute Gasteiger partial charge is 0.254 e. The summed E-state index contributed by atoms with van der Waals surface area (Å²) >= 11 is 0. The first-order valence-corrected chi connectivity index (χ1v) is 10.2. The van der Waals surface area contributed by atoms with Crippen molar-refractivity contribution in [3.63, 3.8) is 0 Å². The van der Waals surface area contributed by atoms with Gasteiger partial charge < -0.3 is 14.8 Å². The highest BCUT2D eigenvalue weighted by Crippen LogP contribution is 2.33. The van der Waals surface area contributed by atoms with E-state index < -0.39 is 0 Å². The molecule has 1 N–H and O–H groups in total. The monoisotopic (exact) mass is 419 g/mol. The molecule has 2 aromatic heterocycles. The number of aryl methyl sites for hydroxylation is 1. The van der Waals surface area contributed by atoms with Crippen molar-refractivity contribution in [1.29, 1.82) is 0 Å². The molecule has 2 aromatic carbocycles. The number of aromatic nitrogens is 4. The summed E-state index contributed by atoms with van der Waals surface area (Å²) in [7, 11) is 0. The van der Waals surface area contributed by atoms with Gasteiger partial charge in [-0.1, -0.05) is 25.1 Å². The fourth-order valence-corrected chi connectivity index (χ4v) is 3.83. The maximum atomic E-state index is 13.5. The molecule has 1 aliphatic heterocycles. The van der Waals surface area contributed by atoms with E-state index in [2.05, 4.69) is 27.3 Å². The van der Waals surface area contributed by atoms with Gasteiger partial charge in [-0.25, -0.2) is 9.37 Å². The van der Waals surface area contributed by atoms with Crippen LogP contribution >= 0.6 is 0 Å². The second-order valence-electron chi connectivity index (χ2n) is 7.47. The molecular weight excluding hydrogens is 397 g/mol. The minimum Gasteiger partial charge on any atom is -0.454 e. The first-order chi connectivity index (χ1) is 15.1. The van der Waals surface area contributed by atoms with E-state index in [4.69, 9.17) is 9.47 Å². The zero-order chi connectivity index (χ0) is 21.4. The molecule has 31 heavy (non-hydrogen) atoms. The molecule has 8 heteroatoms. The Hall–Kier alpha value is -3.68. The largest absolute Gasteiger partial charge is 0.454 e. The molecule has 0 saturated heterocycles. The number of nitrogens with zero attached hydrogens (tertiary/aromatic N) is 4. The molecule has 0 fully saturated rings. The standard InChI is InChI=1S/C23H22FN5O2/c1-3-18-14(2)26-23-27-21(11-15-5-4-6-17(24)9-15)28-29(23)22(18)25-12-16-7-8-19-20(10-16)31-13-30-19/h4-10,25H,3,11-13H2,1-2H3. The predicted molar refractivity (Wildman–Crippen MR) is 114 cm³/mol. The summed E-state index contributed by atoms with van der Waals surface area (Å²) in [5.41, 5.74) is 3.87. The number of nitrogens with one attached hydrogen (secondary N) is 1. The lowest BCUT2D eigenvalue weighted by atomic mass is 10.1. The summed E-state index contributed by atoms with van der Waals surface area (Å²) in [4.78, 5) is 9.21. The van der Waals surface area contributed by atoms with E-state index >= 15 is 0 Å². The van der Waals surface area contributed by atoms with Crippen LogP contribution in [0.5, 0.6) is 11.5 Å². The first kappa shape index (κ1) is 19.3. The van der Waals surface area contributed by atoms with Gasteiger partial charge in [-0.3, -0.25) is 0 Å². The van der Waals surface area contributed by atoms with Gasteiger partial charge >= 0.3 is 0 Å². The second-order valence-corrected chi connectivity index (χ2v) is 7.47. The molecule has 0 spiro atoms. The minimum absolute atomic E-state index is 0.253. The Morgan fingerprint density at radius 2 is 1.94 bits per heavy atom. The van der Waals surface area contributed by atoms with E-state index in [-0.39, 0.29) is 12.6 Å². The van der Waals surface area contributed by atoms with E-state index in [0.29, 0.717) is 24.6 Å². The summed E-state index contributed by atoms with van der Waals surface area (Å²) in [6.45, 7) is 4.91. The molecule has 0 saturated carbocycles. The van der Waals surface area contributed by atoms with Gasteiger partial charge in [0.05, 0.1) is 0 Å². The van der Waals surface area contributed by atoms with Crippen molar-refractivity contribution in [2.45, 2.75) is 33.2 Å². The molecule has 1 aliphatic rings. The average molecular weight is 419 g/mol. The third kappa shape index (κ3) is 3.76. The number of ether oxygens (including phenoxy) is 2. The Labute approximate surface area is 178 Å². The summed E-state index contributed by atoms with van der Waals surface area (Å²) in [6.07, 6.45) is 1.24. The highest BCUT2D eigenvalue weighted by Gasteiger charge is 2.17. The minimum atomic E-state index is -0.269. The van der Waals surface area contributed by atoms with Gasteiger partial charge in [0, 0.05) is 24.2 Å². The van der Waals surface area contributed by atoms with Crippen LogP contribution in [0.15, 0.2) is 42.5 Å². The SMILES string of the molecule is CCc1c(C)nc2nc(Cc3cccc(F)c3)nn2c1NCc1ccc2c(c1)OCO2. The predicted octanol–water partition coefficient (Wildman–Crippen LogP) is 4.07. The summed E-state index contributed by atoms with van der Waals surface area (Å²) in [5.74, 6) is 3.23. The van der Waals surface area contributed by atoms with Crippen molar-refractivity contribution >= 4 is 11.6 Å². The Morgan fingerprint density at radius 1 is 1.06 bits per heavy atom. The summed E-state index contributed by atoms with van der Waals surface area (Å²) < 4.78 is 26.2. The van der Waals surface area contributed by atoms with Crippen molar-refractivity contribution in [2.75, 3.05) is 12.1 Å². The molecular formula is C23H22FN5O2. The molecule has 5 rings (SSSR count). The fourth-order valence-electron chi connectivity index (χ4n) is 3.83. The molecule has 0 radical (unpaired) electrons. The van der Waals surface area contributed by atoms with Crippen LogP contribution in [-0.2, 0) is 19.4 Å². The number of benzene rings is 2. The molecule has 7 nitrogen and oxygen atoms in total. The molecule has 0 atom stereocenters. The topological polar surface area (TPSA) is 73.6 Å². The van der Waals surface area contributed by atoms with E-state index in [1.165, 1.54) is 12.1 Å². The Kier molecular flexibility index (Phi) is 4.89. The fraction of sp³-hybridized carbons (Fsp3) is 0.261. The molecule has 3 heterocycles. The van der Waals surface area contributed by atoms with E-state index in [9.17, 15) is 4.39 Å². The van der Waals surface area contributed by atoms with Crippen LogP contribution in [0, 0.1) is 12.7 Å². The lowest BCUT2D eigenvalue weighted by molar-refractivity contribution is 0.174. The van der Waals surface area contributed by atoms with Crippen molar-refractivity contribution < 1.29 is 13.9 Å². The number of anilines is 1.